The molecule has 0 atom stereocenters. The first-order valence-electron chi connectivity index (χ1n) is 8.60. The second kappa shape index (κ2) is 6.02. The number of aryl methyl sites for hydroxylation is 1. The van der Waals surface area contributed by atoms with Crippen molar-refractivity contribution in [2.24, 2.45) is 0 Å². The molecule has 2 aliphatic heterocycles. The van der Waals surface area contributed by atoms with Crippen LogP contribution in [0, 0.1) is 20.8 Å². The lowest BCUT2D eigenvalue weighted by atomic mass is 10.0. The smallest absolute Gasteiger partial charge is 0.410 e. The number of hydrogen-bond donors (Lipinski definition) is 0. The minimum absolute atomic E-state index is 0.0734. The number of aromatic nitrogens is 2. The summed E-state index contributed by atoms with van der Waals surface area (Å²) in [6.45, 7) is 8.72. The van der Waals surface area contributed by atoms with Gasteiger partial charge in [-0.05, 0) is 49.6 Å². The number of pyridine rings is 2. The summed E-state index contributed by atoms with van der Waals surface area (Å²) in [5, 5.41) is 0. The Bertz CT molecular complexity index is 816. The summed E-state index contributed by atoms with van der Waals surface area (Å²) in [4.78, 5) is 25.3. The Kier molecular flexibility index (Phi) is 3.82. The summed E-state index contributed by atoms with van der Waals surface area (Å²) < 4.78 is 5.64. The van der Waals surface area contributed by atoms with E-state index in [4.69, 9.17) is 4.74 Å². The Hall–Kier alpha value is -2.63. The lowest BCUT2D eigenvalue weighted by Crippen LogP contribution is -2.54. The van der Waals surface area contributed by atoms with Crippen LogP contribution in [0.2, 0.25) is 0 Å². The maximum absolute atomic E-state index is 12.5. The molecular weight excluding hydrogens is 316 g/mol. The van der Waals surface area contributed by atoms with Gasteiger partial charge in [0, 0.05) is 11.9 Å². The van der Waals surface area contributed by atoms with Gasteiger partial charge in [0.2, 0.25) is 0 Å². The molecule has 0 bridgehead atoms. The van der Waals surface area contributed by atoms with Crippen molar-refractivity contribution in [1.29, 1.82) is 0 Å². The molecule has 0 radical (unpaired) electrons. The van der Waals surface area contributed by atoms with Crippen LogP contribution in [-0.4, -0.2) is 40.2 Å². The van der Waals surface area contributed by atoms with Gasteiger partial charge in [0.25, 0.3) is 0 Å². The average Bonchev–Trinajstić information content (AvgIpc) is 3.00. The van der Waals surface area contributed by atoms with Crippen molar-refractivity contribution in [2.45, 2.75) is 40.0 Å². The van der Waals surface area contributed by atoms with E-state index in [1.165, 1.54) is 16.7 Å². The van der Waals surface area contributed by atoms with Crippen molar-refractivity contribution >= 4 is 11.9 Å². The molecule has 2 aromatic rings. The van der Waals surface area contributed by atoms with Crippen LogP contribution in [0.25, 0.3) is 0 Å². The van der Waals surface area contributed by atoms with Crippen LogP contribution in [0.5, 0.6) is 0 Å². The van der Waals surface area contributed by atoms with Gasteiger partial charge in [-0.1, -0.05) is 6.07 Å². The van der Waals surface area contributed by atoms with Crippen molar-refractivity contribution < 1.29 is 9.53 Å². The van der Waals surface area contributed by atoms with E-state index in [0.29, 0.717) is 26.2 Å². The van der Waals surface area contributed by atoms with Crippen LogP contribution in [0.1, 0.15) is 28.1 Å². The highest BCUT2D eigenvalue weighted by atomic mass is 16.6. The summed E-state index contributed by atoms with van der Waals surface area (Å²) in [6.07, 6.45) is 1.45. The molecule has 2 aliphatic rings. The lowest BCUT2D eigenvalue weighted by molar-refractivity contribution is 0.0488. The zero-order valence-corrected chi connectivity index (χ0v) is 14.8. The van der Waals surface area contributed by atoms with Gasteiger partial charge in [-0.25, -0.2) is 9.78 Å². The third-order valence-corrected chi connectivity index (χ3v) is 5.25. The van der Waals surface area contributed by atoms with Crippen molar-refractivity contribution in [2.75, 3.05) is 18.0 Å². The van der Waals surface area contributed by atoms with E-state index in [0.717, 1.165) is 17.2 Å². The van der Waals surface area contributed by atoms with Gasteiger partial charge in [0.05, 0.1) is 31.9 Å². The fourth-order valence-electron chi connectivity index (χ4n) is 3.42. The SMILES string of the molecule is Cc1nc2c(c(C)c1C)CN(C(=O)OC1CN(c3ccccn3)C1)C2. The number of carbonyl (C=O) groups excluding carboxylic acids is 1. The first-order chi connectivity index (χ1) is 12.0. The van der Waals surface area contributed by atoms with Gasteiger partial charge in [-0.2, -0.15) is 0 Å². The van der Waals surface area contributed by atoms with E-state index in [9.17, 15) is 4.79 Å². The minimum atomic E-state index is -0.252. The highest BCUT2D eigenvalue weighted by Crippen LogP contribution is 2.29. The molecule has 0 aromatic carbocycles. The molecule has 6 nitrogen and oxygen atoms in total. The molecule has 6 heteroatoms. The fourth-order valence-corrected chi connectivity index (χ4v) is 3.42. The van der Waals surface area contributed by atoms with Gasteiger partial charge in [-0.3, -0.25) is 9.88 Å². The first-order valence-corrected chi connectivity index (χ1v) is 8.60. The molecular formula is C19H22N4O2. The number of anilines is 1. The van der Waals surface area contributed by atoms with E-state index < -0.39 is 0 Å². The van der Waals surface area contributed by atoms with E-state index in [1.807, 2.05) is 25.1 Å². The number of carbonyl (C=O) groups is 1. The van der Waals surface area contributed by atoms with Gasteiger partial charge in [-0.15, -0.1) is 0 Å². The Balaban J connectivity index is 1.35. The van der Waals surface area contributed by atoms with E-state index in [2.05, 4.69) is 28.7 Å². The van der Waals surface area contributed by atoms with Crippen LogP contribution in [-0.2, 0) is 17.8 Å². The largest absolute Gasteiger partial charge is 0.442 e. The summed E-state index contributed by atoms with van der Waals surface area (Å²) in [5.74, 6) is 0.925. The average molecular weight is 338 g/mol. The molecule has 1 saturated heterocycles. The first kappa shape index (κ1) is 15.9. The van der Waals surface area contributed by atoms with Crippen LogP contribution >= 0.6 is 0 Å². The van der Waals surface area contributed by atoms with Crippen LogP contribution in [0.15, 0.2) is 24.4 Å². The summed E-state index contributed by atoms with van der Waals surface area (Å²) >= 11 is 0. The topological polar surface area (TPSA) is 58.6 Å². The van der Waals surface area contributed by atoms with Crippen LogP contribution < -0.4 is 4.90 Å². The molecule has 25 heavy (non-hydrogen) atoms. The van der Waals surface area contributed by atoms with E-state index in [-0.39, 0.29) is 12.2 Å². The monoisotopic (exact) mass is 338 g/mol. The Morgan fingerprint density at radius 2 is 1.96 bits per heavy atom. The van der Waals surface area contributed by atoms with Crippen molar-refractivity contribution in [3.05, 3.63) is 52.5 Å². The third kappa shape index (κ3) is 2.81. The van der Waals surface area contributed by atoms with Crippen LogP contribution in [0.3, 0.4) is 0 Å². The van der Waals surface area contributed by atoms with Crippen molar-refractivity contribution in [3.63, 3.8) is 0 Å². The molecule has 0 N–H and O–H groups in total. The third-order valence-electron chi connectivity index (χ3n) is 5.25. The maximum atomic E-state index is 12.5. The van der Waals surface area contributed by atoms with Gasteiger partial charge < -0.3 is 9.64 Å². The normalized spacial score (nSPS) is 16.6. The second-order valence-corrected chi connectivity index (χ2v) is 6.83. The van der Waals surface area contributed by atoms with Crippen molar-refractivity contribution in [3.8, 4) is 0 Å². The molecule has 130 valence electrons. The maximum Gasteiger partial charge on any atom is 0.410 e. The molecule has 4 heterocycles. The number of ether oxygens (including phenoxy) is 1. The Morgan fingerprint density at radius 3 is 2.68 bits per heavy atom. The highest BCUT2D eigenvalue weighted by molar-refractivity contribution is 5.69. The number of hydrogen-bond acceptors (Lipinski definition) is 5. The number of rotatable bonds is 2. The molecule has 2 aromatic heterocycles. The lowest BCUT2D eigenvalue weighted by Gasteiger charge is -2.39. The summed E-state index contributed by atoms with van der Waals surface area (Å²) in [7, 11) is 0. The zero-order valence-electron chi connectivity index (χ0n) is 14.8. The fraction of sp³-hybridized carbons (Fsp3) is 0.421. The van der Waals surface area contributed by atoms with E-state index in [1.54, 1.807) is 11.1 Å². The van der Waals surface area contributed by atoms with Gasteiger partial charge in [0.15, 0.2) is 0 Å². The second-order valence-electron chi connectivity index (χ2n) is 6.83. The molecule has 0 unspecified atom stereocenters. The minimum Gasteiger partial charge on any atom is -0.442 e. The molecule has 4 rings (SSSR count). The van der Waals surface area contributed by atoms with Crippen LogP contribution in [0.4, 0.5) is 10.6 Å². The quantitative estimate of drug-likeness (QED) is 0.843. The number of nitrogens with zero attached hydrogens (tertiary/aromatic N) is 4. The number of fused-ring (bicyclic) bond motifs is 1. The molecule has 1 amide bonds. The molecule has 0 aliphatic carbocycles. The molecule has 1 fully saturated rings. The molecule has 0 spiro atoms. The Morgan fingerprint density at radius 1 is 1.16 bits per heavy atom. The van der Waals surface area contributed by atoms with E-state index >= 15 is 0 Å². The number of amides is 1. The summed E-state index contributed by atoms with van der Waals surface area (Å²) in [5.41, 5.74) is 5.66. The predicted octanol–water partition coefficient (Wildman–Crippen LogP) is 2.74. The van der Waals surface area contributed by atoms with Gasteiger partial charge in [0.1, 0.15) is 11.9 Å². The standard InChI is InChI=1S/C19H22N4O2/c1-12-13(2)16-10-23(11-17(16)21-14(12)3)19(24)25-15-8-22(9-15)18-6-4-5-7-20-18/h4-7,15H,8-11H2,1-3H3. The predicted molar refractivity (Wildman–Crippen MR) is 94.4 cm³/mol. The highest BCUT2D eigenvalue weighted by Gasteiger charge is 2.34. The summed E-state index contributed by atoms with van der Waals surface area (Å²) in [6, 6.07) is 5.82. The zero-order chi connectivity index (χ0) is 17.6. The molecule has 0 saturated carbocycles. The van der Waals surface area contributed by atoms with Gasteiger partial charge >= 0.3 is 6.09 Å². The van der Waals surface area contributed by atoms with Crippen molar-refractivity contribution in [1.82, 2.24) is 14.9 Å². The Labute approximate surface area is 147 Å².